The number of methoxy groups -OCH3 is 1. The van der Waals surface area contributed by atoms with Crippen molar-refractivity contribution < 1.29 is 4.74 Å². The van der Waals surface area contributed by atoms with E-state index in [1.807, 2.05) is 12.3 Å². The highest BCUT2D eigenvalue weighted by molar-refractivity contribution is 5.85. The molecule has 0 aliphatic carbocycles. The maximum atomic E-state index is 5.80. The first-order valence-electron chi connectivity index (χ1n) is 10.6. The van der Waals surface area contributed by atoms with Gasteiger partial charge in [-0.3, -0.25) is 4.98 Å². The molecule has 0 fully saturated rings. The van der Waals surface area contributed by atoms with Gasteiger partial charge in [0.2, 0.25) is 0 Å². The van der Waals surface area contributed by atoms with E-state index in [0.29, 0.717) is 0 Å². The Balaban J connectivity index is 2.84. The third-order valence-corrected chi connectivity index (χ3v) is 5.06. The van der Waals surface area contributed by atoms with Gasteiger partial charge in [0.1, 0.15) is 5.75 Å². The fraction of sp³-hybridized carbons (Fsp3) is 0.423. The minimum atomic E-state index is 0.928. The molecule has 150 valence electrons. The molecule has 1 heterocycles. The van der Waals surface area contributed by atoms with Gasteiger partial charge in [0.05, 0.1) is 12.8 Å². The quantitative estimate of drug-likeness (QED) is 0.430. The molecule has 2 rings (SSSR count). The molecule has 0 aliphatic heterocycles. The average Bonchev–Trinajstić information content (AvgIpc) is 2.70. The van der Waals surface area contributed by atoms with E-state index in [0.717, 1.165) is 61.1 Å². The molecule has 0 bridgehead atoms. The van der Waals surface area contributed by atoms with Gasteiger partial charge in [0.25, 0.3) is 0 Å². The van der Waals surface area contributed by atoms with Crippen LogP contribution < -0.4 is 4.74 Å². The SMILES string of the molecule is C=Cc1cnc(C(=C(CCC)CCC)c2ccc(C)cc2OC)c(CCC)c1. The molecule has 0 saturated heterocycles. The van der Waals surface area contributed by atoms with Gasteiger partial charge in [-0.05, 0) is 55.0 Å². The van der Waals surface area contributed by atoms with Gasteiger partial charge in [-0.25, -0.2) is 0 Å². The van der Waals surface area contributed by atoms with Crippen LogP contribution in [0.15, 0.2) is 42.6 Å². The molecule has 2 aromatic rings. The van der Waals surface area contributed by atoms with E-state index in [4.69, 9.17) is 9.72 Å². The first-order valence-corrected chi connectivity index (χ1v) is 10.6. The molecule has 0 saturated carbocycles. The molecule has 0 N–H and O–H groups in total. The monoisotopic (exact) mass is 377 g/mol. The lowest BCUT2D eigenvalue weighted by Crippen LogP contribution is -2.05. The summed E-state index contributed by atoms with van der Waals surface area (Å²) in [5, 5.41) is 0. The number of allylic oxidation sites excluding steroid dienone is 1. The molecule has 1 aromatic carbocycles. The smallest absolute Gasteiger partial charge is 0.127 e. The third-order valence-electron chi connectivity index (χ3n) is 5.06. The van der Waals surface area contributed by atoms with E-state index >= 15 is 0 Å². The summed E-state index contributed by atoms with van der Waals surface area (Å²) < 4.78 is 5.80. The van der Waals surface area contributed by atoms with Gasteiger partial charge in [0.15, 0.2) is 0 Å². The summed E-state index contributed by atoms with van der Waals surface area (Å²) in [4.78, 5) is 4.94. The predicted molar refractivity (Wildman–Crippen MR) is 122 cm³/mol. The summed E-state index contributed by atoms with van der Waals surface area (Å²) >= 11 is 0. The molecule has 2 nitrogen and oxygen atoms in total. The Labute approximate surface area is 171 Å². The number of hydrogen-bond donors (Lipinski definition) is 0. The zero-order chi connectivity index (χ0) is 20.5. The number of benzene rings is 1. The molecular formula is C26H35NO. The van der Waals surface area contributed by atoms with Crippen LogP contribution >= 0.6 is 0 Å². The summed E-state index contributed by atoms with van der Waals surface area (Å²) in [5.74, 6) is 0.928. The molecule has 0 radical (unpaired) electrons. The highest BCUT2D eigenvalue weighted by atomic mass is 16.5. The Morgan fingerprint density at radius 2 is 1.79 bits per heavy atom. The van der Waals surface area contributed by atoms with Crippen molar-refractivity contribution in [2.75, 3.05) is 7.11 Å². The minimum absolute atomic E-state index is 0.928. The van der Waals surface area contributed by atoms with Crippen molar-refractivity contribution >= 4 is 11.6 Å². The van der Waals surface area contributed by atoms with Crippen LogP contribution in [0, 0.1) is 6.92 Å². The first-order chi connectivity index (χ1) is 13.6. The zero-order valence-electron chi connectivity index (χ0n) is 18.3. The number of ether oxygens (including phenoxy) is 1. The molecule has 0 aliphatic rings. The lowest BCUT2D eigenvalue weighted by molar-refractivity contribution is 0.413. The Morgan fingerprint density at radius 1 is 1.07 bits per heavy atom. The molecule has 0 atom stereocenters. The van der Waals surface area contributed by atoms with E-state index in [1.165, 1.54) is 22.3 Å². The normalized spacial score (nSPS) is 10.6. The second-order valence-electron chi connectivity index (χ2n) is 7.41. The standard InChI is InChI=1S/C26H35NO/c1-7-11-21(12-8-2)25(23-15-14-19(5)16-24(23)28-6)26-22(13-9-3)17-20(10-4)18-27-26/h10,14-18H,4,7-9,11-13H2,1-3,5-6H3. The van der Waals surface area contributed by atoms with Crippen LogP contribution in [0.2, 0.25) is 0 Å². The van der Waals surface area contributed by atoms with Gasteiger partial charge in [0, 0.05) is 17.3 Å². The summed E-state index contributed by atoms with van der Waals surface area (Å²) in [7, 11) is 1.76. The number of aromatic nitrogens is 1. The van der Waals surface area contributed by atoms with Crippen molar-refractivity contribution in [3.8, 4) is 5.75 Å². The maximum Gasteiger partial charge on any atom is 0.127 e. The molecular weight excluding hydrogens is 342 g/mol. The lowest BCUT2D eigenvalue weighted by Gasteiger charge is -2.20. The second-order valence-corrected chi connectivity index (χ2v) is 7.41. The van der Waals surface area contributed by atoms with Crippen molar-refractivity contribution in [1.29, 1.82) is 0 Å². The van der Waals surface area contributed by atoms with E-state index in [1.54, 1.807) is 7.11 Å². The molecule has 0 spiro atoms. The van der Waals surface area contributed by atoms with Crippen LogP contribution in [0.25, 0.3) is 11.6 Å². The first kappa shape index (κ1) is 21.9. The van der Waals surface area contributed by atoms with E-state index in [-0.39, 0.29) is 0 Å². The number of aryl methyl sites for hydroxylation is 2. The van der Waals surface area contributed by atoms with Gasteiger partial charge >= 0.3 is 0 Å². The van der Waals surface area contributed by atoms with E-state index in [2.05, 4.69) is 58.5 Å². The highest BCUT2D eigenvalue weighted by Gasteiger charge is 2.20. The van der Waals surface area contributed by atoms with Crippen molar-refractivity contribution in [3.63, 3.8) is 0 Å². The molecule has 0 unspecified atom stereocenters. The lowest BCUT2D eigenvalue weighted by atomic mass is 9.87. The molecule has 28 heavy (non-hydrogen) atoms. The third kappa shape index (κ3) is 5.13. The van der Waals surface area contributed by atoms with Crippen LogP contribution in [0.4, 0.5) is 0 Å². The van der Waals surface area contributed by atoms with Crippen molar-refractivity contribution in [2.45, 2.75) is 66.2 Å². The summed E-state index contributed by atoms with van der Waals surface area (Å²) in [6.07, 6.45) is 10.3. The fourth-order valence-electron chi connectivity index (χ4n) is 3.79. The Morgan fingerprint density at radius 3 is 2.36 bits per heavy atom. The van der Waals surface area contributed by atoms with Crippen molar-refractivity contribution in [3.05, 3.63) is 70.6 Å². The topological polar surface area (TPSA) is 22.1 Å². The fourth-order valence-corrected chi connectivity index (χ4v) is 3.79. The summed E-state index contributed by atoms with van der Waals surface area (Å²) in [5.41, 5.74) is 8.57. The Kier molecular flexibility index (Phi) is 8.50. The molecule has 0 amide bonds. The number of rotatable bonds is 10. The van der Waals surface area contributed by atoms with E-state index < -0.39 is 0 Å². The number of pyridine rings is 1. The average molecular weight is 378 g/mol. The van der Waals surface area contributed by atoms with Crippen LogP contribution in [-0.2, 0) is 6.42 Å². The Bertz CT molecular complexity index is 824. The van der Waals surface area contributed by atoms with Gasteiger partial charge in [-0.2, -0.15) is 0 Å². The minimum Gasteiger partial charge on any atom is -0.496 e. The maximum absolute atomic E-state index is 5.80. The van der Waals surface area contributed by atoms with Gasteiger partial charge in [-0.15, -0.1) is 0 Å². The number of nitrogens with zero attached hydrogens (tertiary/aromatic N) is 1. The summed E-state index contributed by atoms with van der Waals surface area (Å²) in [6, 6.07) is 8.75. The van der Waals surface area contributed by atoms with Crippen molar-refractivity contribution in [2.24, 2.45) is 0 Å². The van der Waals surface area contributed by atoms with Gasteiger partial charge < -0.3 is 4.74 Å². The highest BCUT2D eigenvalue weighted by Crippen LogP contribution is 2.38. The van der Waals surface area contributed by atoms with Crippen molar-refractivity contribution in [1.82, 2.24) is 4.98 Å². The second kappa shape index (κ2) is 10.8. The Hall–Kier alpha value is -2.35. The van der Waals surface area contributed by atoms with Crippen LogP contribution in [0.5, 0.6) is 5.75 Å². The van der Waals surface area contributed by atoms with Crippen LogP contribution in [0.3, 0.4) is 0 Å². The van der Waals surface area contributed by atoms with Crippen LogP contribution in [0.1, 0.15) is 80.8 Å². The molecule has 1 aromatic heterocycles. The summed E-state index contributed by atoms with van der Waals surface area (Å²) in [6.45, 7) is 12.8. The number of hydrogen-bond acceptors (Lipinski definition) is 2. The van der Waals surface area contributed by atoms with Gasteiger partial charge in [-0.1, -0.05) is 70.4 Å². The predicted octanol–water partition coefficient (Wildman–Crippen LogP) is 7.40. The zero-order valence-corrected chi connectivity index (χ0v) is 18.3. The van der Waals surface area contributed by atoms with Crippen LogP contribution in [-0.4, -0.2) is 12.1 Å². The molecule has 2 heteroatoms. The van der Waals surface area contributed by atoms with E-state index in [9.17, 15) is 0 Å². The largest absolute Gasteiger partial charge is 0.496 e.